The van der Waals surface area contributed by atoms with E-state index in [1.165, 1.54) is 20.7 Å². The summed E-state index contributed by atoms with van der Waals surface area (Å²) in [6.45, 7) is 0. The van der Waals surface area contributed by atoms with Gasteiger partial charge in [-0.25, -0.2) is 0 Å². The van der Waals surface area contributed by atoms with E-state index in [1.807, 2.05) is 36.7 Å². The number of nitrogens with zero attached hydrogens (tertiary/aromatic N) is 2. The molecular formula is C34H26N2Si. The fourth-order valence-electron chi connectivity index (χ4n) is 5.27. The Kier molecular flexibility index (Phi) is 6.28. The van der Waals surface area contributed by atoms with Gasteiger partial charge in [0.05, 0.1) is 11.4 Å². The van der Waals surface area contributed by atoms with Gasteiger partial charge < -0.3 is 0 Å². The van der Waals surface area contributed by atoms with E-state index < -0.39 is 8.07 Å². The average molecular weight is 491 g/mol. The summed E-state index contributed by atoms with van der Waals surface area (Å²) in [5.41, 5.74) is 4.22. The van der Waals surface area contributed by atoms with Gasteiger partial charge in [0.1, 0.15) is 0 Å². The molecule has 0 aliphatic carbocycles. The first-order valence-electron chi connectivity index (χ1n) is 12.5. The Morgan fingerprint density at radius 2 is 0.757 bits per heavy atom. The molecule has 0 N–H and O–H groups in total. The first kappa shape index (κ1) is 22.8. The number of benzene rings is 4. The molecular weight excluding hydrogens is 464 g/mol. The van der Waals surface area contributed by atoms with Gasteiger partial charge >= 0.3 is 0 Å². The van der Waals surface area contributed by atoms with Crippen LogP contribution in [0.3, 0.4) is 0 Å². The van der Waals surface area contributed by atoms with Gasteiger partial charge in [0, 0.05) is 23.5 Å². The molecule has 0 saturated carbocycles. The minimum absolute atomic E-state index is 0.982. The van der Waals surface area contributed by atoms with Gasteiger partial charge in [-0.05, 0) is 45.0 Å². The Labute approximate surface area is 219 Å². The molecule has 0 unspecified atom stereocenters. The molecule has 2 nitrogen and oxygen atoms in total. The molecule has 6 rings (SSSR count). The molecule has 176 valence electrons. The van der Waals surface area contributed by atoms with Crippen molar-refractivity contribution in [3.63, 3.8) is 0 Å². The molecule has 0 aliphatic rings. The highest BCUT2D eigenvalue weighted by atomic mass is 28.3. The topological polar surface area (TPSA) is 25.8 Å². The lowest BCUT2D eigenvalue weighted by atomic mass is 10.1. The lowest BCUT2D eigenvalue weighted by Gasteiger charge is -2.35. The predicted octanol–water partition coefficient (Wildman–Crippen LogP) is 5.19. The molecule has 2 aromatic heterocycles. The van der Waals surface area contributed by atoms with Crippen molar-refractivity contribution in [1.29, 1.82) is 0 Å². The van der Waals surface area contributed by atoms with Crippen LogP contribution in [-0.2, 0) is 0 Å². The van der Waals surface area contributed by atoms with Crippen molar-refractivity contribution in [2.24, 2.45) is 0 Å². The van der Waals surface area contributed by atoms with Gasteiger partial charge in [0.25, 0.3) is 0 Å². The third-order valence-corrected chi connectivity index (χ3v) is 11.7. The Balaban J connectivity index is 1.68. The van der Waals surface area contributed by atoms with Gasteiger partial charge in [0.2, 0.25) is 0 Å². The third-order valence-electron chi connectivity index (χ3n) is 6.93. The van der Waals surface area contributed by atoms with Crippen LogP contribution in [-0.4, -0.2) is 18.0 Å². The molecule has 0 radical (unpaired) electrons. The SMILES string of the molecule is c1ccc([Si](c2ccccc2)(c2cccc(-c3ccccn3)c2)c2cccc(-c3ccccn3)c2)cc1. The van der Waals surface area contributed by atoms with Crippen LogP contribution in [0.15, 0.2) is 158 Å². The first-order chi connectivity index (χ1) is 18.4. The molecule has 0 spiro atoms. The van der Waals surface area contributed by atoms with Crippen LogP contribution in [0.25, 0.3) is 22.5 Å². The molecule has 0 atom stereocenters. The quantitative estimate of drug-likeness (QED) is 0.237. The number of aromatic nitrogens is 2. The molecule has 0 saturated heterocycles. The second-order valence-corrected chi connectivity index (χ2v) is 12.9. The molecule has 2 heterocycles. The lowest BCUT2D eigenvalue weighted by Crippen LogP contribution is -2.74. The van der Waals surface area contributed by atoms with Crippen LogP contribution in [0.1, 0.15) is 0 Å². The normalized spacial score (nSPS) is 11.2. The summed E-state index contributed by atoms with van der Waals surface area (Å²) in [5, 5.41) is 5.34. The zero-order chi connectivity index (χ0) is 24.9. The molecule has 6 aromatic rings. The van der Waals surface area contributed by atoms with Gasteiger partial charge in [-0.3, -0.25) is 9.97 Å². The zero-order valence-electron chi connectivity index (χ0n) is 20.4. The maximum atomic E-state index is 4.65. The molecule has 37 heavy (non-hydrogen) atoms. The van der Waals surface area contributed by atoms with Crippen LogP contribution >= 0.6 is 0 Å². The maximum absolute atomic E-state index is 4.65. The molecule has 0 fully saturated rings. The van der Waals surface area contributed by atoms with E-state index in [4.69, 9.17) is 0 Å². The summed E-state index contributed by atoms with van der Waals surface area (Å²) >= 11 is 0. The molecule has 3 heteroatoms. The minimum atomic E-state index is -2.68. The molecule has 4 aromatic carbocycles. The molecule has 0 aliphatic heterocycles. The summed E-state index contributed by atoms with van der Waals surface area (Å²) in [6.07, 6.45) is 3.72. The summed E-state index contributed by atoms with van der Waals surface area (Å²) in [5.74, 6) is 0. The van der Waals surface area contributed by atoms with Crippen molar-refractivity contribution in [3.05, 3.63) is 158 Å². The number of pyridine rings is 2. The van der Waals surface area contributed by atoms with E-state index in [1.54, 1.807) is 0 Å². The van der Waals surface area contributed by atoms with Crippen LogP contribution in [0, 0.1) is 0 Å². The number of hydrogen-bond donors (Lipinski definition) is 0. The third kappa shape index (κ3) is 4.30. The predicted molar refractivity (Wildman–Crippen MR) is 157 cm³/mol. The van der Waals surface area contributed by atoms with Crippen molar-refractivity contribution >= 4 is 28.8 Å². The molecule has 0 bridgehead atoms. The highest BCUT2D eigenvalue weighted by Gasteiger charge is 2.41. The van der Waals surface area contributed by atoms with Gasteiger partial charge in [-0.2, -0.15) is 0 Å². The Hall–Kier alpha value is -4.60. The van der Waals surface area contributed by atoms with Crippen molar-refractivity contribution in [2.75, 3.05) is 0 Å². The fourth-order valence-corrected chi connectivity index (χ4v) is 10.1. The second-order valence-electron chi connectivity index (χ2n) is 9.07. The van der Waals surface area contributed by atoms with E-state index in [0.29, 0.717) is 0 Å². The van der Waals surface area contributed by atoms with E-state index >= 15 is 0 Å². The van der Waals surface area contributed by atoms with Gasteiger partial charge in [0.15, 0.2) is 8.07 Å². The summed E-state index contributed by atoms with van der Waals surface area (Å²) in [4.78, 5) is 9.30. The summed E-state index contributed by atoms with van der Waals surface area (Å²) in [6, 6.07) is 52.1. The van der Waals surface area contributed by atoms with Crippen LogP contribution < -0.4 is 20.7 Å². The number of rotatable bonds is 6. The summed E-state index contributed by atoms with van der Waals surface area (Å²) in [7, 11) is -2.68. The largest absolute Gasteiger partial charge is 0.256 e. The van der Waals surface area contributed by atoms with Crippen molar-refractivity contribution in [3.8, 4) is 22.5 Å². The van der Waals surface area contributed by atoms with Gasteiger partial charge in [-0.15, -0.1) is 0 Å². The fraction of sp³-hybridized carbons (Fsp3) is 0. The Morgan fingerprint density at radius 3 is 1.16 bits per heavy atom. The zero-order valence-corrected chi connectivity index (χ0v) is 21.4. The lowest BCUT2D eigenvalue weighted by molar-refractivity contribution is 1.33. The van der Waals surface area contributed by atoms with Crippen LogP contribution in [0.4, 0.5) is 0 Å². The van der Waals surface area contributed by atoms with Crippen molar-refractivity contribution < 1.29 is 0 Å². The Bertz CT molecular complexity index is 1480. The van der Waals surface area contributed by atoms with E-state index in [9.17, 15) is 0 Å². The van der Waals surface area contributed by atoms with Crippen molar-refractivity contribution in [1.82, 2.24) is 9.97 Å². The van der Waals surface area contributed by atoms with Crippen molar-refractivity contribution in [2.45, 2.75) is 0 Å². The van der Waals surface area contributed by atoms with E-state index in [-0.39, 0.29) is 0 Å². The monoisotopic (exact) mass is 490 g/mol. The smallest absolute Gasteiger partial charge is 0.179 e. The summed E-state index contributed by atoms with van der Waals surface area (Å²) < 4.78 is 0. The van der Waals surface area contributed by atoms with Gasteiger partial charge in [-0.1, -0.05) is 121 Å². The van der Waals surface area contributed by atoms with Crippen LogP contribution in [0.5, 0.6) is 0 Å². The molecule has 0 amide bonds. The average Bonchev–Trinajstić information content (AvgIpc) is 3.00. The first-order valence-corrected chi connectivity index (χ1v) is 14.5. The number of hydrogen-bond acceptors (Lipinski definition) is 2. The van der Waals surface area contributed by atoms with E-state index in [2.05, 4.69) is 131 Å². The highest BCUT2D eigenvalue weighted by molar-refractivity contribution is 7.20. The van der Waals surface area contributed by atoms with E-state index in [0.717, 1.165) is 22.5 Å². The Morgan fingerprint density at radius 1 is 0.351 bits per heavy atom. The van der Waals surface area contributed by atoms with Crippen LogP contribution in [0.2, 0.25) is 0 Å². The minimum Gasteiger partial charge on any atom is -0.256 e. The second kappa shape index (κ2) is 10.2. The maximum Gasteiger partial charge on any atom is 0.179 e. The highest BCUT2D eigenvalue weighted by Crippen LogP contribution is 2.20. The standard InChI is InChI=1S/C34H26N2Si/c1-3-15-29(16-4-1)37(30-17-5-2-6-18-30,31-19-11-13-27(25-31)33-21-7-9-23-35-33)32-20-12-14-28(26-32)34-22-8-10-24-36-34/h1-26H.